The first-order valence-electron chi connectivity index (χ1n) is 4.55. The van der Waals surface area contributed by atoms with Gasteiger partial charge < -0.3 is 5.32 Å². The third-order valence-electron chi connectivity index (χ3n) is 2.08. The van der Waals surface area contributed by atoms with Crippen molar-refractivity contribution in [3.05, 3.63) is 35.4 Å². The Kier molecular flexibility index (Phi) is 4.14. The van der Waals surface area contributed by atoms with Gasteiger partial charge in [0.1, 0.15) is 0 Å². The molecule has 0 saturated heterocycles. The van der Waals surface area contributed by atoms with E-state index in [0.717, 1.165) is 5.56 Å². The summed E-state index contributed by atoms with van der Waals surface area (Å²) in [5, 5.41) is 3.23. The van der Waals surface area contributed by atoms with E-state index in [-0.39, 0.29) is 11.9 Å². The number of hydrogen-bond donors (Lipinski definition) is 1. The van der Waals surface area contributed by atoms with E-state index in [1.54, 1.807) is 0 Å². The number of hydrogen-bond acceptors (Lipinski definition) is 1. The second-order valence-corrected chi connectivity index (χ2v) is 3.89. The maximum absolute atomic E-state index is 11.1. The molecule has 0 aliphatic carbocycles. The molecule has 0 fully saturated rings. The predicted molar refractivity (Wildman–Crippen MR) is 61.5 cm³/mol. The number of nitrogens with one attached hydrogen (secondary N) is 1. The molecule has 0 aromatic heterocycles. The summed E-state index contributed by atoms with van der Waals surface area (Å²) in [5.74, 6) is 0.0121. The lowest BCUT2D eigenvalue weighted by Crippen LogP contribution is -2.27. The minimum atomic E-state index is 0.0121. The van der Waals surface area contributed by atoms with Crippen LogP contribution in [0, 0.1) is 6.92 Å². The monoisotopic (exact) mass is 255 g/mol. The van der Waals surface area contributed by atoms with E-state index in [4.69, 9.17) is 0 Å². The van der Waals surface area contributed by atoms with Gasteiger partial charge in [0.2, 0.25) is 5.91 Å². The number of aryl methyl sites for hydroxylation is 1. The van der Waals surface area contributed by atoms with E-state index in [1.165, 1.54) is 5.56 Å². The molecular formula is C11H14BrNO. The molecule has 0 aliphatic rings. The Morgan fingerprint density at radius 3 is 2.50 bits per heavy atom. The Morgan fingerprint density at radius 1 is 1.43 bits per heavy atom. The molecule has 0 heterocycles. The fraction of sp³-hybridized carbons (Fsp3) is 0.364. The van der Waals surface area contributed by atoms with Gasteiger partial charge in [-0.15, -0.1) is 0 Å². The SMILES string of the molecule is Cc1ccc([C@H](C)NC(=O)CBr)cc1. The average molecular weight is 256 g/mol. The highest BCUT2D eigenvalue weighted by molar-refractivity contribution is 9.09. The fourth-order valence-corrected chi connectivity index (χ4v) is 1.38. The molecular weight excluding hydrogens is 242 g/mol. The largest absolute Gasteiger partial charge is 0.349 e. The molecule has 0 saturated carbocycles. The summed E-state index contributed by atoms with van der Waals surface area (Å²) < 4.78 is 0. The maximum Gasteiger partial charge on any atom is 0.231 e. The summed E-state index contributed by atoms with van der Waals surface area (Å²) in [4.78, 5) is 11.1. The van der Waals surface area contributed by atoms with Gasteiger partial charge >= 0.3 is 0 Å². The van der Waals surface area contributed by atoms with Gasteiger partial charge in [-0.25, -0.2) is 0 Å². The minimum Gasteiger partial charge on any atom is -0.349 e. The van der Waals surface area contributed by atoms with Crippen LogP contribution in [0.25, 0.3) is 0 Å². The summed E-state index contributed by atoms with van der Waals surface area (Å²) in [6.45, 7) is 4.02. The van der Waals surface area contributed by atoms with E-state index in [9.17, 15) is 4.79 Å². The molecule has 1 aromatic carbocycles. The second kappa shape index (κ2) is 5.15. The molecule has 0 bridgehead atoms. The lowest BCUT2D eigenvalue weighted by molar-refractivity contribution is -0.119. The molecule has 2 nitrogen and oxygen atoms in total. The van der Waals surface area contributed by atoms with E-state index < -0.39 is 0 Å². The van der Waals surface area contributed by atoms with E-state index in [0.29, 0.717) is 5.33 Å². The highest BCUT2D eigenvalue weighted by Crippen LogP contribution is 2.12. The van der Waals surface area contributed by atoms with Crippen LogP contribution in [0.5, 0.6) is 0 Å². The zero-order chi connectivity index (χ0) is 10.6. The van der Waals surface area contributed by atoms with Crippen LogP contribution in [0.15, 0.2) is 24.3 Å². The molecule has 1 aromatic rings. The van der Waals surface area contributed by atoms with Gasteiger partial charge in [0.25, 0.3) is 0 Å². The van der Waals surface area contributed by atoms with Crippen LogP contribution in [0.1, 0.15) is 24.1 Å². The smallest absolute Gasteiger partial charge is 0.231 e. The van der Waals surface area contributed by atoms with Gasteiger partial charge in [-0.2, -0.15) is 0 Å². The Bertz CT molecular complexity index is 308. The third-order valence-corrected chi connectivity index (χ3v) is 2.59. The van der Waals surface area contributed by atoms with Crippen molar-refractivity contribution >= 4 is 21.8 Å². The maximum atomic E-state index is 11.1. The van der Waals surface area contributed by atoms with Crippen LogP contribution in [0.2, 0.25) is 0 Å². The van der Waals surface area contributed by atoms with Crippen molar-refractivity contribution in [2.24, 2.45) is 0 Å². The average Bonchev–Trinajstić information content (AvgIpc) is 2.18. The molecule has 0 unspecified atom stereocenters. The van der Waals surface area contributed by atoms with Gasteiger partial charge in [-0.3, -0.25) is 4.79 Å². The van der Waals surface area contributed by atoms with Crippen LogP contribution in [-0.4, -0.2) is 11.2 Å². The first-order valence-corrected chi connectivity index (χ1v) is 5.67. The van der Waals surface area contributed by atoms with Gasteiger partial charge in [-0.05, 0) is 19.4 Å². The number of amides is 1. The van der Waals surface area contributed by atoms with Gasteiger partial charge in [-0.1, -0.05) is 45.8 Å². The lowest BCUT2D eigenvalue weighted by Gasteiger charge is -2.13. The van der Waals surface area contributed by atoms with Crippen molar-refractivity contribution in [2.75, 3.05) is 5.33 Å². The highest BCUT2D eigenvalue weighted by atomic mass is 79.9. The van der Waals surface area contributed by atoms with Gasteiger partial charge in [0.15, 0.2) is 0 Å². The summed E-state index contributed by atoms with van der Waals surface area (Å²) >= 11 is 3.12. The summed E-state index contributed by atoms with van der Waals surface area (Å²) in [5.41, 5.74) is 2.36. The third kappa shape index (κ3) is 3.14. The number of benzene rings is 1. The van der Waals surface area contributed by atoms with Crippen LogP contribution in [0.3, 0.4) is 0 Å². The van der Waals surface area contributed by atoms with E-state index >= 15 is 0 Å². The van der Waals surface area contributed by atoms with Crippen LogP contribution in [-0.2, 0) is 4.79 Å². The predicted octanol–water partition coefficient (Wildman–Crippen LogP) is 2.57. The Labute approximate surface area is 92.8 Å². The molecule has 1 amide bonds. The number of carbonyl (C=O) groups excluding carboxylic acids is 1. The minimum absolute atomic E-state index is 0.0121. The van der Waals surface area contributed by atoms with Crippen molar-refractivity contribution in [2.45, 2.75) is 19.9 Å². The first-order chi connectivity index (χ1) is 6.63. The molecule has 3 heteroatoms. The van der Waals surface area contributed by atoms with Crippen molar-refractivity contribution in [1.29, 1.82) is 0 Å². The highest BCUT2D eigenvalue weighted by Gasteiger charge is 2.07. The van der Waals surface area contributed by atoms with Gasteiger partial charge in [0.05, 0.1) is 11.4 Å². The molecule has 0 spiro atoms. The normalized spacial score (nSPS) is 12.2. The summed E-state index contributed by atoms with van der Waals surface area (Å²) in [6.07, 6.45) is 0. The van der Waals surface area contributed by atoms with E-state index in [2.05, 4.69) is 21.2 Å². The van der Waals surface area contributed by atoms with Crippen LogP contribution < -0.4 is 5.32 Å². The quantitative estimate of drug-likeness (QED) is 0.827. The molecule has 1 rings (SSSR count). The molecule has 0 radical (unpaired) electrons. The van der Waals surface area contributed by atoms with Crippen molar-refractivity contribution in [1.82, 2.24) is 5.32 Å². The Balaban J connectivity index is 2.65. The fourth-order valence-electron chi connectivity index (χ4n) is 1.22. The Morgan fingerprint density at radius 2 is 2.00 bits per heavy atom. The van der Waals surface area contributed by atoms with Crippen molar-refractivity contribution in [3.63, 3.8) is 0 Å². The molecule has 14 heavy (non-hydrogen) atoms. The first kappa shape index (κ1) is 11.2. The lowest BCUT2D eigenvalue weighted by atomic mass is 10.1. The molecule has 1 atom stereocenters. The second-order valence-electron chi connectivity index (χ2n) is 3.33. The topological polar surface area (TPSA) is 29.1 Å². The number of halogens is 1. The molecule has 0 aliphatic heterocycles. The van der Waals surface area contributed by atoms with E-state index in [1.807, 2.05) is 38.1 Å². The zero-order valence-electron chi connectivity index (χ0n) is 8.38. The number of rotatable bonds is 3. The van der Waals surface area contributed by atoms with Crippen molar-refractivity contribution in [3.8, 4) is 0 Å². The van der Waals surface area contributed by atoms with Crippen molar-refractivity contribution < 1.29 is 4.79 Å². The number of alkyl halides is 1. The Hall–Kier alpha value is -0.830. The molecule has 76 valence electrons. The number of carbonyl (C=O) groups is 1. The molecule has 1 N–H and O–H groups in total. The summed E-state index contributed by atoms with van der Waals surface area (Å²) in [7, 11) is 0. The van der Waals surface area contributed by atoms with Gasteiger partial charge in [0, 0.05) is 0 Å². The zero-order valence-corrected chi connectivity index (χ0v) is 9.97. The van der Waals surface area contributed by atoms with Crippen LogP contribution >= 0.6 is 15.9 Å². The summed E-state index contributed by atoms with van der Waals surface area (Å²) in [6, 6.07) is 8.24. The standard InChI is InChI=1S/C11H14BrNO/c1-8-3-5-10(6-4-8)9(2)13-11(14)7-12/h3-6,9H,7H2,1-2H3,(H,13,14)/t9-/m0/s1. The van der Waals surface area contributed by atoms with Crippen LogP contribution in [0.4, 0.5) is 0 Å².